The van der Waals surface area contributed by atoms with E-state index in [0.29, 0.717) is 18.9 Å². The molecular weight excluding hydrogens is 403 g/mol. The van der Waals surface area contributed by atoms with Gasteiger partial charge in [-0.05, 0) is 36.0 Å². The number of piperazine rings is 1. The fourth-order valence-electron chi connectivity index (χ4n) is 2.78. The highest BCUT2D eigenvalue weighted by Gasteiger charge is 2.31. The summed E-state index contributed by atoms with van der Waals surface area (Å²) >= 11 is 0.214. The molecule has 0 aliphatic carbocycles. The van der Waals surface area contributed by atoms with Crippen molar-refractivity contribution in [1.29, 1.82) is 0 Å². The lowest BCUT2D eigenvalue weighted by molar-refractivity contribution is -0.137. The molecule has 11 heteroatoms. The summed E-state index contributed by atoms with van der Waals surface area (Å²) in [5.74, 6) is -2.71. The molecule has 0 atom stereocenters. The predicted molar refractivity (Wildman–Crippen MR) is 93.5 cm³/mol. The number of thioether (sulfide) groups is 1. The number of carbonyl (C=O) groups excluding carboxylic acids is 1. The maximum Gasteiger partial charge on any atom is 0.417 e. The summed E-state index contributed by atoms with van der Waals surface area (Å²) in [7, 11) is 0. The number of anilines is 1. The standard InChI is InChI=1S/C17H15F5N4OS/c18-16(19)28-14-12(2-1-5-23-14)15(27)26-8-6-25(7-9-26)13-4-3-11(10-24-13)17(20,21)22/h1-5,10,16H,6-9H2. The van der Waals surface area contributed by atoms with Gasteiger partial charge in [0.25, 0.3) is 11.7 Å². The Morgan fingerprint density at radius 1 is 1.07 bits per heavy atom. The summed E-state index contributed by atoms with van der Waals surface area (Å²) in [5, 5.41) is -0.0330. The molecule has 2 aromatic rings. The number of rotatable bonds is 4. The normalized spacial score (nSPS) is 15.2. The third-order valence-corrected chi connectivity index (χ3v) is 4.90. The minimum atomic E-state index is -4.45. The van der Waals surface area contributed by atoms with Crippen molar-refractivity contribution in [3.05, 3.63) is 47.8 Å². The number of carbonyl (C=O) groups is 1. The van der Waals surface area contributed by atoms with E-state index in [1.165, 1.54) is 29.3 Å². The maximum atomic E-state index is 12.7. The molecule has 1 amide bonds. The minimum absolute atomic E-state index is 0.0330. The summed E-state index contributed by atoms with van der Waals surface area (Å²) in [6.07, 6.45) is -2.33. The first-order chi connectivity index (χ1) is 13.3. The fourth-order valence-corrected chi connectivity index (χ4v) is 3.35. The van der Waals surface area contributed by atoms with Gasteiger partial charge in [-0.3, -0.25) is 4.79 Å². The Hall–Kier alpha value is -2.43. The lowest BCUT2D eigenvalue weighted by atomic mass is 10.2. The van der Waals surface area contributed by atoms with Gasteiger partial charge >= 0.3 is 6.18 Å². The molecule has 2 aromatic heterocycles. The molecule has 0 bridgehead atoms. The molecule has 5 nitrogen and oxygen atoms in total. The van der Waals surface area contributed by atoms with E-state index in [2.05, 4.69) is 9.97 Å². The van der Waals surface area contributed by atoms with Crippen LogP contribution in [0.5, 0.6) is 0 Å². The lowest BCUT2D eigenvalue weighted by Crippen LogP contribution is -2.49. The first kappa shape index (κ1) is 20.3. The van der Waals surface area contributed by atoms with Crippen molar-refractivity contribution in [2.24, 2.45) is 0 Å². The van der Waals surface area contributed by atoms with E-state index in [1.807, 2.05) is 0 Å². The molecule has 0 radical (unpaired) electrons. The molecule has 0 spiro atoms. The van der Waals surface area contributed by atoms with Crippen molar-refractivity contribution < 1.29 is 26.7 Å². The number of amides is 1. The molecule has 28 heavy (non-hydrogen) atoms. The Bertz CT molecular complexity index is 823. The lowest BCUT2D eigenvalue weighted by Gasteiger charge is -2.35. The fraction of sp³-hybridized carbons (Fsp3) is 0.353. The molecule has 0 aromatic carbocycles. The number of hydrogen-bond acceptors (Lipinski definition) is 5. The van der Waals surface area contributed by atoms with Crippen LogP contribution in [0.2, 0.25) is 0 Å². The molecule has 0 unspecified atom stereocenters. The van der Waals surface area contributed by atoms with Crippen LogP contribution in [-0.2, 0) is 6.18 Å². The zero-order valence-electron chi connectivity index (χ0n) is 14.4. The van der Waals surface area contributed by atoms with Crippen LogP contribution >= 0.6 is 11.8 Å². The van der Waals surface area contributed by atoms with E-state index < -0.39 is 23.4 Å². The van der Waals surface area contributed by atoms with Crippen LogP contribution in [0.1, 0.15) is 15.9 Å². The van der Waals surface area contributed by atoms with Gasteiger partial charge in [-0.15, -0.1) is 0 Å². The number of pyridine rings is 2. The van der Waals surface area contributed by atoms with Crippen molar-refractivity contribution in [2.75, 3.05) is 31.1 Å². The summed E-state index contributed by atoms with van der Waals surface area (Å²) in [6, 6.07) is 5.21. The van der Waals surface area contributed by atoms with Crippen LogP contribution in [-0.4, -0.2) is 52.7 Å². The zero-order chi connectivity index (χ0) is 20.3. The zero-order valence-corrected chi connectivity index (χ0v) is 15.2. The quantitative estimate of drug-likeness (QED) is 0.559. The first-order valence-electron chi connectivity index (χ1n) is 8.23. The number of alkyl halides is 5. The third kappa shape index (κ3) is 4.70. The minimum Gasteiger partial charge on any atom is -0.353 e. The van der Waals surface area contributed by atoms with E-state index in [0.717, 1.165) is 12.3 Å². The van der Waals surface area contributed by atoms with Gasteiger partial charge in [0.05, 0.1) is 11.1 Å². The van der Waals surface area contributed by atoms with Crippen LogP contribution in [0.25, 0.3) is 0 Å². The van der Waals surface area contributed by atoms with E-state index in [1.54, 1.807) is 4.90 Å². The highest BCUT2D eigenvalue weighted by Crippen LogP contribution is 2.30. The highest BCUT2D eigenvalue weighted by atomic mass is 32.2. The van der Waals surface area contributed by atoms with Gasteiger partial charge < -0.3 is 9.80 Å². The van der Waals surface area contributed by atoms with Gasteiger partial charge in [0.2, 0.25) is 0 Å². The monoisotopic (exact) mass is 418 g/mol. The van der Waals surface area contributed by atoms with E-state index >= 15 is 0 Å². The van der Waals surface area contributed by atoms with Gasteiger partial charge in [0.1, 0.15) is 10.8 Å². The summed E-state index contributed by atoms with van der Waals surface area (Å²) in [5.41, 5.74) is -0.723. The second kappa shape index (κ2) is 8.29. The van der Waals surface area contributed by atoms with Gasteiger partial charge in [-0.1, -0.05) is 0 Å². The molecule has 1 fully saturated rings. The smallest absolute Gasteiger partial charge is 0.353 e. The van der Waals surface area contributed by atoms with Crippen molar-refractivity contribution in [3.63, 3.8) is 0 Å². The highest BCUT2D eigenvalue weighted by molar-refractivity contribution is 7.99. The van der Waals surface area contributed by atoms with Gasteiger partial charge in [0, 0.05) is 38.6 Å². The molecular formula is C17H15F5N4OS. The molecule has 0 saturated carbocycles. The van der Waals surface area contributed by atoms with E-state index in [4.69, 9.17) is 0 Å². The number of halogens is 5. The van der Waals surface area contributed by atoms with E-state index in [-0.39, 0.29) is 35.4 Å². The summed E-state index contributed by atoms with van der Waals surface area (Å²) in [4.78, 5) is 23.6. The van der Waals surface area contributed by atoms with Gasteiger partial charge in [-0.25, -0.2) is 9.97 Å². The largest absolute Gasteiger partial charge is 0.417 e. The predicted octanol–water partition coefficient (Wildman–Crippen LogP) is 3.77. The summed E-state index contributed by atoms with van der Waals surface area (Å²) < 4.78 is 63.2. The van der Waals surface area contributed by atoms with Crippen LogP contribution in [0.15, 0.2) is 41.7 Å². The Kier molecular flexibility index (Phi) is 6.01. The van der Waals surface area contributed by atoms with Crippen LogP contribution in [0.4, 0.5) is 27.8 Å². The second-order valence-electron chi connectivity index (χ2n) is 5.92. The van der Waals surface area contributed by atoms with Crippen molar-refractivity contribution in [1.82, 2.24) is 14.9 Å². The van der Waals surface area contributed by atoms with Gasteiger partial charge in [-0.2, -0.15) is 22.0 Å². The molecule has 150 valence electrons. The van der Waals surface area contributed by atoms with Gasteiger partial charge in [0.15, 0.2) is 0 Å². The van der Waals surface area contributed by atoms with Crippen molar-refractivity contribution >= 4 is 23.5 Å². The van der Waals surface area contributed by atoms with E-state index in [9.17, 15) is 26.7 Å². The van der Waals surface area contributed by atoms with Crippen molar-refractivity contribution in [2.45, 2.75) is 17.0 Å². The average molecular weight is 418 g/mol. The molecule has 0 N–H and O–H groups in total. The topological polar surface area (TPSA) is 49.3 Å². The third-order valence-electron chi connectivity index (χ3n) is 4.17. The van der Waals surface area contributed by atoms with Crippen molar-refractivity contribution in [3.8, 4) is 0 Å². The molecule has 1 aliphatic rings. The number of nitrogens with zero attached hydrogens (tertiary/aromatic N) is 4. The van der Waals surface area contributed by atoms with Crippen LogP contribution < -0.4 is 4.90 Å². The Morgan fingerprint density at radius 3 is 2.36 bits per heavy atom. The summed E-state index contributed by atoms with van der Waals surface area (Å²) in [6.45, 7) is 1.30. The molecule has 1 saturated heterocycles. The molecule has 3 heterocycles. The van der Waals surface area contributed by atoms with Crippen LogP contribution in [0, 0.1) is 0 Å². The second-order valence-corrected chi connectivity index (χ2v) is 6.90. The number of hydrogen-bond donors (Lipinski definition) is 0. The Labute approximate surface area is 161 Å². The maximum absolute atomic E-state index is 12.7. The average Bonchev–Trinajstić information content (AvgIpc) is 2.67. The number of aromatic nitrogens is 2. The van der Waals surface area contributed by atoms with Crippen LogP contribution in [0.3, 0.4) is 0 Å². The Morgan fingerprint density at radius 2 is 1.79 bits per heavy atom. The Balaban J connectivity index is 1.65. The SMILES string of the molecule is O=C(c1cccnc1SC(F)F)N1CCN(c2ccc(C(F)(F)F)cn2)CC1. The first-order valence-corrected chi connectivity index (χ1v) is 9.11. The molecule has 3 rings (SSSR count). The molecule has 1 aliphatic heterocycles.